The van der Waals surface area contributed by atoms with Crippen LogP contribution in [0.15, 0.2) is 116 Å². The van der Waals surface area contributed by atoms with Crippen LogP contribution in [0.25, 0.3) is 0 Å². The molecule has 12 saturated heterocycles. The molecule has 10 aromatic heterocycles. The zero-order valence-corrected chi connectivity index (χ0v) is 86.4. The largest absolute Gasteiger partial charge is 0.351 e. The second-order valence-corrected chi connectivity index (χ2v) is 41.3. The van der Waals surface area contributed by atoms with Gasteiger partial charge in [-0.1, -0.05) is 17.3 Å². The summed E-state index contributed by atoms with van der Waals surface area (Å²) in [4.78, 5) is 36.2. The predicted molar refractivity (Wildman–Crippen MR) is 537 cm³/mol. The van der Waals surface area contributed by atoms with Crippen molar-refractivity contribution >= 4 is 0 Å². The zero-order chi connectivity index (χ0) is 96.7. The van der Waals surface area contributed by atoms with Gasteiger partial charge in [-0.3, -0.25) is 14.0 Å². The van der Waals surface area contributed by atoms with Crippen molar-refractivity contribution < 1.29 is 4.52 Å². The topological polar surface area (TPSA) is 324 Å². The van der Waals surface area contributed by atoms with Gasteiger partial charge in [0.05, 0.1) is 78.8 Å². The van der Waals surface area contributed by atoms with E-state index in [1.54, 1.807) is 31.2 Å². The summed E-state index contributed by atoms with van der Waals surface area (Å²) in [7, 11) is 23.9. The molecule has 10 aromatic rings. The molecule has 39 heteroatoms. The van der Waals surface area contributed by atoms with Crippen LogP contribution in [0, 0.1) is 33.6 Å². The number of hydrogen-bond acceptors (Lipinski definition) is 30. The van der Waals surface area contributed by atoms with Crippen LogP contribution in [-0.2, 0) is 5.41 Å². The molecule has 0 aliphatic carbocycles. The Hall–Kier alpha value is -8.87. The monoisotopic (exact) mass is 1900 g/mol. The van der Waals surface area contributed by atoms with E-state index in [2.05, 4.69) is 305 Å². The van der Waals surface area contributed by atoms with Crippen molar-refractivity contribution in [2.45, 2.75) is 255 Å². The lowest BCUT2D eigenvalue weighted by molar-refractivity contribution is 0.165. The molecule has 0 spiro atoms. The summed E-state index contributed by atoms with van der Waals surface area (Å²) in [6, 6.07) is 14.5. The molecule has 760 valence electrons. The molecule has 22 heterocycles. The standard InChI is InChI=1S/C10H17N3O.2C10H17N3.C10H20N2.C10H16N2.C9H15N3.C8H15N5.3C8H14N4.C7H13N5/c1-8-11-9(14-12-8)10(2)4-6-13(3)7-5-10;1-9-3-8-13(11-9)10-4-6-12(2)7-5-10;1-9-7-11-13(8-9)10-3-5-12(2)6-4-10;1-12-7-4-9(5-8-12)10-3-2-6-11-10;1-11-8-4-10(5-9-11)12-6-2-3-7-12;1-11-7-3-9(4-8-11)12-6-2-5-10-12;1-7-9-10-11-13(7)8-3-5-12(2)6-4-8;1-11-6-2-8(3-7-11)12-9-4-5-10-12;1-11-5-2-8(3-6-11)12-7-4-9-10-12;1-11-4-2-8(3-5-11)12-7-9-6-10-12;1-11-4-2-7(3-5-11)12-6-8-9-10-12/h4-7H2,1-3H3;3,8,10H,4-7H2,1-2H3;7-8,10H,3-6H2,1-2H3;9-11H,2-8H2,1H3;2-3,6-7,10H,4-5,8-9H2,1H3;2,5-6,9H,3-4,7-8H2,1H3;8H,3-6H2,1-2H3;4-5,8H,2-3,6-7H2,1H3;4,7-8H,2-3,5-6H2,1H3;6-8H,2-5H2,1H3;6-7H,2-5H2,1H3. The Morgan fingerprint density at radius 1 is 0.372 bits per heavy atom. The van der Waals surface area contributed by atoms with Gasteiger partial charge in [0.1, 0.15) is 24.8 Å². The average Bonchev–Trinajstić information content (AvgIpc) is 1.72. The summed E-state index contributed by atoms with van der Waals surface area (Å²) in [5.41, 5.74) is 2.48. The highest BCUT2D eigenvalue weighted by atomic mass is 16.5. The van der Waals surface area contributed by atoms with Gasteiger partial charge in [-0.2, -0.15) is 40.4 Å². The van der Waals surface area contributed by atoms with Crippen molar-refractivity contribution in [1.82, 2.24) is 188 Å². The van der Waals surface area contributed by atoms with Crippen LogP contribution in [0.1, 0.15) is 244 Å². The van der Waals surface area contributed by atoms with E-state index in [0.29, 0.717) is 48.3 Å². The van der Waals surface area contributed by atoms with Crippen molar-refractivity contribution in [1.29, 1.82) is 0 Å². The predicted octanol–water partition coefficient (Wildman–Crippen LogP) is 10.1. The van der Waals surface area contributed by atoms with Crippen LogP contribution >= 0.6 is 0 Å². The molecule has 1 N–H and O–H groups in total. The minimum atomic E-state index is 0.0910. The van der Waals surface area contributed by atoms with Gasteiger partial charge in [0.15, 0.2) is 5.82 Å². The zero-order valence-electron chi connectivity index (χ0n) is 86.4. The normalized spacial score (nSPS) is 22.5. The minimum Gasteiger partial charge on any atom is -0.351 e. The number of likely N-dealkylation sites (tertiary alicyclic amines) is 11. The Morgan fingerprint density at radius 3 is 1.23 bits per heavy atom. The summed E-state index contributed by atoms with van der Waals surface area (Å²) in [5, 5.41) is 63.6. The molecule has 12 aliphatic heterocycles. The van der Waals surface area contributed by atoms with Gasteiger partial charge in [0.25, 0.3) is 0 Å². The summed E-state index contributed by atoms with van der Waals surface area (Å²) in [5.74, 6) is 3.45. The second kappa shape index (κ2) is 56.5. The van der Waals surface area contributed by atoms with Crippen LogP contribution < -0.4 is 5.32 Å². The van der Waals surface area contributed by atoms with Crippen LogP contribution in [0.3, 0.4) is 0 Å². The molecule has 0 radical (unpaired) electrons. The first-order chi connectivity index (χ1) is 66.4. The van der Waals surface area contributed by atoms with E-state index >= 15 is 0 Å². The molecule has 12 fully saturated rings. The molecule has 0 saturated carbocycles. The Kier molecular flexibility index (Phi) is 44.2. The summed E-state index contributed by atoms with van der Waals surface area (Å²) >= 11 is 0. The van der Waals surface area contributed by atoms with E-state index in [4.69, 9.17) is 4.52 Å². The molecule has 0 aromatic carbocycles. The molecule has 12 aliphatic rings. The molecular formula is C98H172N38O. The van der Waals surface area contributed by atoms with Crippen molar-refractivity contribution in [3.63, 3.8) is 0 Å². The maximum Gasteiger partial charge on any atom is 0.232 e. The maximum atomic E-state index is 5.26. The Balaban J connectivity index is 0.000000135. The minimum absolute atomic E-state index is 0.0910. The Bertz CT molecular complexity index is 4160. The number of rotatable bonds is 11. The first-order valence-corrected chi connectivity index (χ1v) is 51.7. The fourth-order valence-corrected chi connectivity index (χ4v) is 20.2. The lowest BCUT2D eigenvalue weighted by atomic mass is 9.80. The number of piperidine rings is 11. The lowest BCUT2D eigenvalue weighted by Gasteiger charge is -2.34. The van der Waals surface area contributed by atoms with Crippen LogP contribution in [0.5, 0.6) is 0 Å². The van der Waals surface area contributed by atoms with E-state index in [0.717, 1.165) is 132 Å². The summed E-state index contributed by atoms with van der Waals surface area (Å²) in [6.07, 6.45) is 56.4. The number of nitrogens with one attached hydrogen (secondary N) is 1. The third-order valence-corrected chi connectivity index (χ3v) is 30.1. The highest BCUT2D eigenvalue weighted by molar-refractivity contribution is 5.06. The first kappa shape index (κ1) is 107. The number of aromatic nitrogens is 26. The van der Waals surface area contributed by atoms with E-state index in [-0.39, 0.29) is 5.41 Å². The van der Waals surface area contributed by atoms with Crippen molar-refractivity contribution in [2.75, 3.05) is 228 Å². The molecule has 1 unspecified atom stereocenters. The number of tetrazole rings is 2. The smallest absolute Gasteiger partial charge is 0.232 e. The lowest BCUT2D eigenvalue weighted by Crippen LogP contribution is -2.39. The molecule has 0 amide bonds. The fraction of sp³-hybridized carbons (Fsp3) is 0.765. The molecule has 0 bridgehead atoms. The van der Waals surface area contributed by atoms with Crippen molar-refractivity contribution in [3.8, 4) is 0 Å². The van der Waals surface area contributed by atoms with Crippen molar-refractivity contribution in [3.05, 3.63) is 140 Å². The third kappa shape index (κ3) is 36.0. The molecular weight excluding hydrogens is 1730 g/mol. The quantitative estimate of drug-likeness (QED) is 0.126. The van der Waals surface area contributed by atoms with Gasteiger partial charge >= 0.3 is 0 Å². The van der Waals surface area contributed by atoms with Crippen LogP contribution in [0.4, 0.5) is 0 Å². The number of hydrogen-bond donors (Lipinski definition) is 1. The van der Waals surface area contributed by atoms with Gasteiger partial charge in [0.2, 0.25) is 5.89 Å². The van der Waals surface area contributed by atoms with Crippen LogP contribution in [-0.4, -0.2) is 417 Å². The Morgan fingerprint density at radius 2 is 0.832 bits per heavy atom. The third-order valence-electron chi connectivity index (χ3n) is 30.1. The van der Waals surface area contributed by atoms with E-state index < -0.39 is 0 Å². The SMILES string of the molecule is CN1CCC(C2CCCN2)CC1.CN1CCC(n2cccc2)CC1.CN1CCC(n2cccn2)CC1.CN1CCC(n2ccnn2)CC1.CN1CCC(n2cncn2)CC1.CN1CCC(n2cnnn2)CC1.CN1CCC(n2nccn2)CC1.Cc1ccn(C2CCN(C)CC2)n1.Cc1cnn(C2CCN(C)CC2)c1.Cc1nnnn1C1CCN(C)CC1.Cc1noc(C2(C)CCN(C)CC2)n1. The van der Waals surface area contributed by atoms with Gasteiger partial charge < -0.3 is 68.3 Å². The highest BCUT2D eigenvalue weighted by Crippen LogP contribution is 2.35. The first-order valence-electron chi connectivity index (χ1n) is 51.7. The summed E-state index contributed by atoms with van der Waals surface area (Å²) in [6.45, 7) is 37.5. The molecule has 137 heavy (non-hydrogen) atoms. The highest BCUT2D eigenvalue weighted by Gasteiger charge is 2.36. The van der Waals surface area contributed by atoms with E-state index in [1.807, 2.05) is 75.3 Å². The Labute approximate surface area is 817 Å². The maximum absolute atomic E-state index is 5.26. The summed E-state index contributed by atoms with van der Waals surface area (Å²) < 4.78 is 21.7. The van der Waals surface area contributed by atoms with Gasteiger partial charge in [-0.05, 0) is 466 Å². The number of nitrogens with zero attached hydrogens (tertiary/aromatic N) is 37. The van der Waals surface area contributed by atoms with E-state index in [1.165, 1.54) is 219 Å². The number of aryl methyl sites for hydroxylation is 4. The van der Waals surface area contributed by atoms with Crippen LogP contribution in [0.2, 0.25) is 0 Å². The fourth-order valence-electron chi connectivity index (χ4n) is 20.2. The van der Waals surface area contributed by atoms with E-state index in [9.17, 15) is 0 Å². The van der Waals surface area contributed by atoms with Gasteiger partial charge in [-0.15, -0.1) is 15.3 Å². The molecule has 39 nitrogen and oxygen atoms in total. The van der Waals surface area contributed by atoms with Gasteiger partial charge in [-0.25, -0.2) is 23.7 Å². The molecule has 22 rings (SSSR count). The molecule has 1 atom stereocenters. The second-order valence-electron chi connectivity index (χ2n) is 41.3. The average molecular weight is 1900 g/mol. The van der Waals surface area contributed by atoms with Crippen molar-refractivity contribution in [2.24, 2.45) is 5.92 Å². The van der Waals surface area contributed by atoms with Gasteiger partial charge in [0, 0.05) is 60.9 Å².